The lowest BCUT2D eigenvalue weighted by molar-refractivity contribution is 0.663. The zero-order valence-corrected chi connectivity index (χ0v) is 7.94. The fourth-order valence-corrected chi connectivity index (χ4v) is 1.32. The Kier molecular flexibility index (Phi) is 1.84. The van der Waals surface area contributed by atoms with Gasteiger partial charge in [0.25, 0.3) is 0 Å². The van der Waals surface area contributed by atoms with E-state index < -0.39 is 0 Å². The van der Waals surface area contributed by atoms with Crippen LogP contribution in [0.5, 0.6) is 0 Å². The summed E-state index contributed by atoms with van der Waals surface area (Å²) < 4.78 is 1.69. The molecular formula is C7H9N5S. The maximum absolute atomic E-state index is 5.64. The molecule has 68 valence electrons. The summed E-state index contributed by atoms with van der Waals surface area (Å²) in [4.78, 5) is 7.95. The Bertz CT molecular complexity index is 435. The summed E-state index contributed by atoms with van der Waals surface area (Å²) in [6.07, 6.45) is 3.07. The number of hydrogen-bond donors (Lipinski definition) is 2. The van der Waals surface area contributed by atoms with Crippen molar-refractivity contribution in [3.8, 4) is 0 Å². The Labute approximate surface area is 80.4 Å². The fraction of sp³-hybridized carbons (Fsp3) is 0.286. The zero-order chi connectivity index (χ0) is 9.42. The van der Waals surface area contributed by atoms with E-state index in [-0.39, 0.29) is 5.37 Å². The molecule has 5 nitrogen and oxygen atoms in total. The molecule has 2 heterocycles. The van der Waals surface area contributed by atoms with Crippen molar-refractivity contribution in [2.75, 3.05) is 5.73 Å². The van der Waals surface area contributed by atoms with Crippen LogP contribution in [0.3, 0.4) is 0 Å². The number of nitrogen functional groups attached to an aromatic ring is 1. The molecule has 13 heavy (non-hydrogen) atoms. The van der Waals surface area contributed by atoms with Crippen molar-refractivity contribution in [3.63, 3.8) is 0 Å². The third kappa shape index (κ3) is 1.23. The van der Waals surface area contributed by atoms with Crippen LogP contribution in [0, 0.1) is 0 Å². The van der Waals surface area contributed by atoms with E-state index in [1.165, 1.54) is 6.33 Å². The lowest BCUT2D eigenvalue weighted by Gasteiger charge is -2.04. The molecule has 0 aliphatic carbocycles. The molecule has 1 atom stereocenters. The fourth-order valence-electron chi connectivity index (χ4n) is 1.15. The van der Waals surface area contributed by atoms with Crippen molar-refractivity contribution >= 4 is 29.5 Å². The van der Waals surface area contributed by atoms with Crippen LogP contribution in [-0.2, 0) is 0 Å². The maximum Gasteiger partial charge on any atom is 0.164 e. The lowest BCUT2D eigenvalue weighted by Crippen LogP contribution is -2.02. The topological polar surface area (TPSA) is 69.6 Å². The number of aromatic nitrogens is 4. The first-order valence-corrected chi connectivity index (χ1v) is 4.33. The second-order valence-corrected chi connectivity index (χ2v) is 3.46. The van der Waals surface area contributed by atoms with Gasteiger partial charge in [0.05, 0.1) is 17.0 Å². The predicted octanol–water partition coefficient (Wildman–Crippen LogP) is 0.857. The summed E-state index contributed by atoms with van der Waals surface area (Å²) in [5, 5.41) is 4.86. The molecule has 0 saturated carbocycles. The van der Waals surface area contributed by atoms with Gasteiger partial charge in [0, 0.05) is 0 Å². The molecule has 0 bridgehead atoms. The number of nitrogens with zero attached hydrogens (tertiary/aromatic N) is 4. The molecule has 0 aromatic carbocycles. The number of nitrogens with two attached hydrogens (primary N) is 1. The number of thiol groups is 1. The van der Waals surface area contributed by atoms with Crippen LogP contribution in [0.25, 0.3) is 11.0 Å². The molecule has 0 amide bonds. The molecule has 2 N–H and O–H groups in total. The van der Waals surface area contributed by atoms with Crippen LogP contribution in [0.4, 0.5) is 5.82 Å². The Balaban J connectivity index is 2.75. The van der Waals surface area contributed by atoms with Gasteiger partial charge < -0.3 is 5.73 Å². The highest BCUT2D eigenvalue weighted by Crippen LogP contribution is 2.20. The van der Waals surface area contributed by atoms with E-state index >= 15 is 0 Å². The summed E-state index contributed by atoms with van der Waals surface area (Å²) in [6, 6.07) is 0. The summed E-state index contributed by atoms with van der Waals surface area (Å²) in [5.74, 6) is 0.449. The van der Waals surface area contributed by atoms with Gasteiger partial charge in [-0.05, 0) is 6.92 Å². The summed E-state index contributed by atoms with van der Waals surface area (Å²) in [6.45, 7) is 1.91. The number of anilines is 1. The minimum Gasteiger partial charge on any atom is -0.383 e. The van der Waals surface area contributed by atoms with Gasteiger partial charge in [-0.2, -0.15) is 17.7 Å². The van der Waals surface area contributed by atoms with Gasteiger partial charge in [-0.1, -0.05) is 0 Å². The number of hydrogen-bond acceptors (Lipinski definition) is 5. The first-order valence-electron chi connectivity index (χ1n) is 3.82. The number of rotatable bonds is 1. The lowest BCUT2D eigenvalue weighted by atomic mass is 10.4. The molecule has 1 unspecified atom stereocenters. The van der Waals surface area contributed by atoms with Gasteiger partial charge in [0.2, 0.25) is 0 Å². The molecule has 0 radical (unpaired) electrons. The zero-order valence-electron chi connectivity index (χ0n) is 7.05. The normalized spacial score (nSPS) is 13.4. The van der Waals surface area contributed by atoms with Crippen molar-refractivity contribution in [2.45, 2.75) is 12.3 Å². The van der Waals surface area contributed by atoms with E-state index in [0.29, 0.717) is 5.82 Å². The summed E-state index contributed by atoms with van der Waals surface area (Å²) in [7, 11) is 0. The van der Waals surface area contributed by atoms with Gasteiger partial charge in [0.15, 0.2) is 5.65 Å². The van der Waals surface area contributed by atoms with Crippen LogP contribution >= 0.6 is 12.6 Å². The molecule has 0 saturated heterocycles. The largest absolute Gasteiger partial charge is 0.383 e. The number of fused-ring (bicyclic) bond motifs is 1. The highest BCUT2D eigenvalue weighted by Gasteiger charge is 2.09. The van der Waals surface area contributed by atoms with Gasteiger partial charge in [-0.3, -0.25) is 0 Å². The molecule has 2 rings (SSSR count). The summed E-state index contributed by atoms with van der Waals surface area (Å²) >= 11 is 4.26. The SMILES string of the molecule is CC(S)n1ncc2c(N)ncnc21. The average molecular weight is 195 g/mol. The Morgan fingerprint density at radius 2 is 2.31 bits per heavy atom. The molecule has 6 heteroatoms. The van der Waals surface area contributed by atoms with Gasteiger partial charge >= 0.3 is 0 Å². The Morgan fingerprint density at radius 1 is 1.54 bits per heavy atom. The van der Waals surface area contributed by atoms with Crippen LogP contribution in [0.2, 0.25) is 0 Å². The van der Waals surface area contributed by atoms with Crippen molar-refractivity contribution in [3.05, 3.63) is 12.5 Å². The predicted molar refractivity (Wildman–Crippen MR) is 53.4 cm³/mol. The molecule has 2 aromatic heterocycles. The quantitative estimate of drug-likeness (QED) is 0.662. The van der Waals surface area contributed by atoms with E-state index in [0.717, 1.165) is 11.0 Å². The molecule has 0 aliphatic heterocycles. The van der Waals surface area contributed by atoms with E-state index in [2.05, 4.69) is 27.7 Å². The molecular weight excluding hydrogens is 186 g/mol. The van der Waals surface area contributed by atoms with E-state index in [1.807, 2.05) is 6.92 Å². The van der Waals surface area contributed by atoms with Crippen LogP contribution in [0.15, 0.2) is 12.5 Å². The standard InChI is InChI=1S/C7H9N5S/c1-4(13)12-7-5(2-11-12)6(8)9-3-10-7/h2-4,13H,1H3,(H2,8,9,10). The van der Waals surface area contributed by atoms with Crippen molar-refractivity contribution in [1.82, 2.24) is 19.7 Å². The minimum atomic E-state index is -0.0215. The van der Waals surface area contributed by atoms with Gasteiger partial charge in [0.1, 0.15) is 12.1 Å². The van der Waals surface area contributed by atoms with Crippen molar-refractivity contribution in [1.29, 1.82) is 0 Å². The third-order valence-corrected chi connectivity index (χ3v) is 1.99. The smallest absolute Gasteiger partial charge is 0.164 e. The Hall–Kier alpha value is -1.30. The van der Waals surface area contributed by atoms with E-state index in [4.69, 9.17) is 5.73 Å². The van der Waals surface area contributed by atoms with Crippen LogP contribution in [0.1, 0.15) is 12.3 Å². The van der Waals surface area contributed by atoms with Crippen molar-refractivity contribution in [2.24, 2.45) is 0 Å². The maximum atomic E-state index is 5.64. The average Bonchev–Trinajstić information content (AvgIpc) is 2.48. The van der Waals surface area contributed by atoms with Crippen LogP contribution in [-0.4, -0.2) is 19.7 Å². The monoisotopic (exact) mass is 195 g/mol. The van der Waals surface area contributed by atoms with Crippen molar-refractivity contribution < 1.29 is 0 Å². The Morgan fingerprint density at radius 3 is 3.00 bits per heavy atom. The van der Waals surface area contributed by atoms with Gasteiger partial charge in [-0.25, -0.2) is 14.6 Å². The first-order chi connectivity index (χ1) is 6.20. The molecule has 0 aliphatic rings. The molecule has 0 fully saturated rings. The van der Waals surface area contributed by atoms with E-state index in [1.54, 1.807) is 10.9 Å². The first kappa shape index (κ1) is 8.31. The second-order valence-electron chi connectivity index (χ2n) is 2.72. The highest BCUT2D eigenvalue weighted by molar-refractivity contribution is 7.80. The van der Waals surface area contributed by atoms with E-state index in [9.17, 15) is 0 Å². The third-order valence-electron chi connectivity index (χ3n) is 1.78. The molecule has 0 spiro atoms. The highest BCUT2D eigenvalue weighted by atomic mass is 32.1. The van der Waals surface area contributed by atoms with Gasteiger partial charge in [-0.15, -0.1) is 0 Å². The van der Waals surface area contributed by atoms with Crippen LogP contribution < -0.4 is 5.73 Å². The molecule has 2 aromatic rings. The second kappa shape index (κ2) is 2.88. The minimum absolute atomic E-state index is 0.0215. The summed E-state index contributed by atoms with van der Waals surface area (Å²) in [5.41, 5.74) is 6.36.